The Bertz CT molecular complexity index is 416. The van der Waals surface area contributed by atoms with E-state index in [-0.39, 0.29) is 5.41 Å². The van der Waals surface area contributed by atoms with Crippen LogP contribution in [-0.4, -0.2) is 0 Å². The molecule has 0 spiro atoms. The number of nitrogens with two attached hydrogens (primary N) is 1. The van der Waals surface area contributed by atoms with E-state index in [1.807, 2.05) is 18.2 Å². The molecule has 2 nitrogen and oxygen atoms in total. The second kappa shape index (κ2) is 3.84. The minimum Gasteiger partial charge on any atom is -0.326 e. The van der Waals surface area contributed by atoms with Gasteiger partial charge in [0, 0.05) is 11.6 Å². The summed E-state index contributed by atoms with van der Waals surface area (Å²) in [6, 6.07) is 8.17. The fourth-order valence-corrected chi connectivity index (χ4v) is 2.30. The summed E-state index contributed by atoms with van der Waals surface area (Å²) >= 11 is 6.01. The molecule has 2 N–H and O–H groups in total. The Morgan fingerprint density at radius 2 is 2.13 bits per heavy atom. The first kappa shape index (κ1) is 10.5. The van der Waals surface area contributed by atoms with E-state index >= 15 is 0 Å². The summed E-state index contributed by atoms with van der Waals surface area (Å²) < 4.78 is 0. The van der Waals surface area contributed by atoms with Crippen molar-refractivity contribution in [1.29, 1.82) is 5.26 Å². The number of nitrogens with zero attached hydrogens (tertiary/aromatic N) is 1. The highest BCUT2D eigenvalue weighted by atomic mass is 35.5. The van der Waals surface area contributed by atoms with E-state index < -0.39 is 0 Å². The Hall–Kier alpha value is -1.04. The summed E-state index contributed by atoms with van der Waals surface area (Å²) in [4.78, 5) is 0. The Labute approximate surface area is 94.7 Å². The Balaban J connectivity index is 2.44. The summed E-state index contributed by atoms with van der Waals surface area (Å²) in [7, 11) is 0. The van der Waals surface area contributed by atoms with Crippen molar-refractivity contribution in [3.63, 3.8) is 0 Å². The zero-order valence-electron chi connectivity index (χ0n) is 8.46. The van der Waals surface area contributed by atoms with Crippen LogP contribution >= 0.6 is 11.6 Å². The molecule has 0 unspecified atom stereocenters. The molecular weight excluding hydrogens is 208 g/mol. The van der Waals surface area contributed by atoms with Crippen molar-refractivity contribution >= 4 is 11.6 Å². The molecule has 0 bridgehead atoms. The first-order valence-electron chi connectivity index (χ1n) is 5.11. The molecule has 0 heterocycles. The van der Waals surface area contributed by atoms with Crippen LogP contribution in [0.3, 0.4) is 0 Å². The molecule has 0 saturated heterocycles. The van der Waals surface area contributed by atoms with Gasteiger partial charge in [-0.15, -0.1) is 0 Å². The van der Waals surface area contributed by atoms with Crippen molar-refractivity contribution in [3.05, 3.63) is 34.3 Å². The topological polar surface area (TPSA) is 49.8 Å². The predicted octanol–water partition coefficient (Wildman–Crippen LogP) is 2.74. The van der Waals surface area contributed by atoms with Crippen molar-refractivity contribution < 1.29 is 0 Å². The summed E-state index contributed by atoms with van der Waals surface area (Å²) in [6.45, 7) is 0.467. The van der Waals surface area contributed by atoms with E-state index in [2.05, 4.69) is 6.07 Å². The number of halogens is 1. The Morgan fingerprint density at radius 3 is 2.60 bits per heavy atom. The summed E-state index contributed by atoms with van der Waals surface area (Å²) in [6.07, 6.45) is 3.00. The van der Waals surface area contributed by atoms with Crippen molar-refractivity contribution in [1.82, 2.24) is 0 Å². The van der Waals surface area contributed by atoms with Crippen LogP contribution in [0.5, 0.6) is 0 Å². The van der Waals surface area contributed by atoms with Crippen molar-refractivity contribution in [3.8, 4) is 6.07 Å². The highest BCUT2D eigenvalue weighted by Gasteiger charge is 2.39. The average molecular weight is 221 g/mol. The number of hydrogen-bond acceptors (Lipinski definition) is 2. The lowest BCUT2D eigenvalue weighted by molar-refractivity contribution is 0.324. The van der Waals surface area contributed by atoms with Gasteiger partial charge in [0.2, 0.25) is 0 Å². The lowest BCUT2D eigenvalue weighted by Gasteiger charge is -2.36. The Kier molecular flexibility index (Phi) is 2.68. The van der Waals surface area contributed by atoms with E-state index in [0.717, 1.165) is 30.4 Å². The van der Waals surface area contributed by atoms with Crippen LogP contribution in [-0.2, 0) is 12.0 Å². The monoisotopic (exact) mass is 220 g/mol. The molecule has 1 aromatic rings. The lowest BCUT2D eigenvalue weighted by atomic mass is 9.65. The molecule has 78 valence electrons. The summed E-state index contributed by atoms with van der Waals surface area (Å²) in [5, 5.41) is 9.90. The van der Waals surface area contributed by atoms with Crippen LogP contribution in [0.15, 0.2) is 18.2 Å². The maximum atomic E-state index is 9.22. The van der Waals surface area contributed by atoms with Crippen LogP contribution in [0.4, 0.5) is 0 Å². The van der Waals surface area contributed by atoms with Gasteiger partial charge in [-0.25, -0.2) is 0 Å². The number of nitriles is 1. The molecule has 15 heavy (non-hydrogen) atoms. The van der Waals surface area contributed by atoms with E-state index in [1.165, 1.54) is 0 Å². The highest BCUT2D eigenvalue weighted by molar-refractivity contribution is 6.30. The van der Waals surface area contributed by atoms with Gasteiger partial charge in [0.15, 0.2) is 0 Å². The molecule has 1 aromatic carbocycles. The van der Waals surface area contributed by atoms with Gasteiger partial charge in [-0.05, 0) is 42.5 Å². The smallest absolute Gasteiger partial charge is 0.0823 e. The van der Waals surface area contributed by atoms with Gasteiger partial charge >= 0.3 is 0 Å². The van der Waals surface area contributed by atoms with Gasteiger partial charge in [-0.1, -0.05) is 17.7 Å². The van der Waals surface area contributed by atoms with Crippen LogP contribution in [0, 0.1) is 11.3 Å². The van der Waals surface area contributed by atoms with Gasteiger partial charge in [0.1, 0.15) is 0 Å². The van der Waals surface area contributed by atoms with Gasteiger partial charge in [0.05, 0.1) is 11.5 Å². The first-order valence-corrected chi connectivity index (χ1v) is 5.49. The van der Waals surface area contributed by atoms with Crippen molar-refractivity contribution in [2.75, 3.05) is 0 Å². The van der Waals surface area contributed by atoms with E-state index in [9.17, 15) is 5.26 Å². The predicted molar refractivity (Wildman–Crippen MR) is 60.5 cm³/mol. The fraction of sp³-hybridized carbons (Fsp3) is 0.417. The molecule has 0 radical (unpaired) electrons. The van der Waals surface area contributed by atoms with Gasteiger partial charge < -0.3 is 5.73 Å². The standard InChI is InChI=1S/C12H13ClN2/c13-11-5-9(7-14)4-10(6-11)12(8-15)2-1-3-12/h4-6H,1-3,7,14H2. The van der Waals surface area contributed by atoms with Crippen molar-refractivity contribution in [2.45, 2.75) is 31.2 Å². The second-order valence-electron chi connectivity index (χ2n) is 4.10. The molecule has 0 amide bonds. The minimum absolute atomic E-state index is 0.297. The Morgan fingerprint density at radius 1 is 1.40 bits per heavy atom. The van der Waals surface area contributed by atoms with Crippen LogP contribution in [0.2, 0.25) is 5.02 Å². The maximum Gasteiger partial charge on any atom is 0.0823 e. The summed E-state index contributed by atoms with van der Waals surface area (Å²) in [5.41, 5.74) is 7.32. The van der Waals surface area contributed by atoms with Crippen LogP contribution < -0.4 is 5.73 Å². The van der Waals surface area contributed by atoms with Crippen LogP contribution in [0.25, 0.3) is 0 Å². The molecule has 1 aliphatic rings. The molecular formula is C12H13ClN2. The average Bonchev–Trinajstić information content (AvgIpc) is 2.16. The highest BCUT2D eigenvalue weighted by Crippen LogP contribution is 2.43. The minimum atomic E-state index is -0.297. The molecule has 3 heteroatoms. The van der Waals surface area contributed by atoms with Gasteiger partial charge in [-0.2, -0.15) is 5.26 Å². The normalized spacial score (nSPS) is 17.9. The third-order valence-electron chi connectivity index (χ3n) is 3.17. The first-order chi connectivity index (χ1) is 7.20. The zero-order valence-corrected chi connectivity index (χ0v) is 9.22. The largest absolute Gasteiger partial charge is 0.326 e. The molecule has 0 aromatic heterocycles. The number of rotatable bonds is 2. The second-order valence-corrected chi connectivity index (χ2v) is 4.54. The van der Waals surface area contributed by atoms with E-state index in [1.54, 1.807) is 0 Å². The SMILES string of the molecule is N#CC1(c2cc(Cl)cc(CN)c2)CCC1. The molecule has 1 aliphatic carbocycles. The van der Waals surface area contributed by atoms with Gasteiger partial charge in [0.25, 0.3) is 0 Å². The van der Waals surface area contributed by atoms with Crippen LogP contribution in [0.1, 0.15) is 30.4 Å². The maximum absolute atomic E-state index is 9.22. The molecule has 2 rings (SSSR count). The molecule has 1 saturated carbocycles. The van der Waals surface area contributed by atoms with Gasteiger partial charge in [-0.3, -0.25) is 0 Å². The fourth-order valence-electron chi connectivity index (χ4n) is 2.04. The molecule has 0 aliphatic heterocycles. The molecule has 0 atom stereocenters. The third-order valence-corrected chi connectivity index (χ3v) is 3.39. The third kappa shape index (κ3) is 1.73. The quantitative estimate of drug-likeness (QED) is 0.833. The number of hydrogen-bond donors (Lipinski definition) is 1. The van der Waals surface area contributed by atoms with E-state index in [0.29, 0.717) is 11.6 Å². The molecule has 1 fully saturated rings. The van der Waals surface area contributed by atoms with E-state index in [4.69, 9.17) is 17.3 Å². The lowest BCUT2D eigenvalue weighted by Crippen LogP contribution is -2.32. The van der Waals surface area contributed by atoms with Crippen molar-refractivity contribution in [2.24, 2.45) is 5.73 Å². The zero-order chi connectivity index (χ0) is 10.9. The summed E-state index contributed by atoms with van der Waals surface area (Å²) in [5.74, 6) is 0. The number of benzene rings is 1.